The number of benzene rings is 1. The number of halogens is 1. The molecule has 1 atom stereocenters. The Morgan fingerprint density at radius 3 is 2.81 bits per heavy atom. The molecule has 1 amide bonds. The van der Waals surface area contributed by atoms with E-state index in [1.807, 2.05) is 47.9 Å². The monoisotopic (exact) mass is 376 g/mol. The minimum absolute atomic E-state index is 0.0212. The van der Waals surface area contributed by atoms with Crippen molar-refractivity contribution in [2.24, 2.45) is 0 Å². The van der Waals surface area contributed by atoms with Gasteiger partial charge in [-0.2, -0.15) is 0 Å². The number of hydrogen-bond donors (Lipinski definition) is 2. The van der Waals surface area contributed by atoms with Crippen LogP contribution >= 0.6 is 11.6 Å². The van der Waals surface area contributed by atoms with Gasteiger partial charge in [0.15, 0.2) is 5.69 Å². The maximum Gasteiger partial charge on any atom is 0.273 e. The van der Waals surface area contributed by atoms with Crippen LogP contribution in [0.25, 0.3) is 0 Å². The Kier molecular flexibility index (Phi) is 6.24. The maximum atomic E-state index is 12.5. The van der Waals surface area contributed by atoms with Gasteiger partial charge >= 0.3 is 0 Å². The molecule has 1 fully saturated rings. The van der Waals surface area contributed by atoms with Crippen LogP contribution in [0.1, 0.15) is 41.0 Å². The van der Waals surface area contributed by atoms with Crippen molar-refractivity contribution in [3.05, 3.63) is 46.7 Å². The van der Waals surface area contributed by atoms with E-state index in [9.17, 15) is 4.79 Å². The molecule has 1 unspecified atom stereocenters. The lowest BCUT2D eigenvalue weighted by atomic mass is 10.1. The van der Waals surface area contributed by atoms with Crippen LogP contribution in [-0.2, 0) is 0 Å². The molecule has 1 aliphatic rings. The normalized spacial score (nSPS) is 16.6. The molecule has 8 heteroatoms. The standard InChI is InChI=1S/C18H25ClN6O/c1-24(2)17(14-5-3-4-6-15(14)19)11-21-18(26)16-12-25(23-22-16)13-7-9-20-10-8-13/h3-6,12-13,17,20H,7-11H2,1-2H3,(H,21,26). The molecule has 2 N–H and O–H groups in total. The van der Waals surface area contributed by atoms with E-state index in [4.69, 9.17) is 11.6 Å². The van der Waals surface area contributed by atoms with Crippen LogP contribution in [-0.4, -0.2) is 59.5 Å². The van der Waals surface area contributed by atoms with Gasteiger partial charge in [-0.1, -0.05) is 35.0 Å². The molecule has 1 aromatic heterocycles. The first-order valence-corrected chi connectivity index (χ1v) is 9.25. The second-order valence-corrected chi connectivity index (χ2v) is 7.18. The molecule has 3 rings (SSSR count). The van der Waals surface area contributed by atoms with Crippen LogP contribution in [0.2, 0.25) is 5.02 Å². The first kappa shape index (κ1) is 18.8. The Hall–Kier alpha value is -1.96. The highest BCUT2D eigenvalue weighted by molar-refractivity contribution is 6.31. The summed E-state index contributed by atoms with van der Waals surface area (Å²) < 4.78 is 1.81. The highest BCUT2D eigenvalue weighted by Crippen LogP contribution is 2.25. The van der Waals surface area contributed by atoms with E-state index in [-0.39, 0.29) is 11.9 Å². The molecule has 1 saturated heterocycles. The lowest BCUT2D eigenvalue weighted by molar-refractivity contribution is 0.0937. The summed E-state index contributed by atoms with van der Waals surface area (Å²) in [6, 6.07) is 7.97. The minimum atomic E-state index is -0.218. The van der Waals surface area contributed by atoms with Crippen molar-refractivity contribution in [3.8, 4) is 0 Å². The van der Waals surface area contributed by atoms with Gasteiger partial charge in [-0.25, -0.2) is 4.68 Å². The highest BCUT2D eigenvalue weighted by Gasteiger charge is 2.21. The first-order chi connectivity index (χ1) is 12.6. The number of rotatable bonds is 6. The lowest BCUT2D eigenvalue weighted by Crippen LogP contribution is -2.35. The van der Waals surface area contributed by atoms with Gasteiger partial charge in [-0.3, -0.25) is 4.79 Å². The molecule has 0 saturated carbocycles. The molecule has 0 aliphatic carbocycles. The number of likely N-dealkylation sites (N-methyl/N-ethyl adjacent to an activating group) is 1. The van der Waals surface area contributed by atoms with E-state index in [2.05, 4.69) is 20.9 Å². The number of aromatic nitrogens is 3. The molecule has 0 bridgehead atoms. The van der Waals surface area contributed by atoms with Crippen molar-refractivity contribution >= 4 is 17.5 Å². The summed E-state index contributed by atoms with van der Waals surface area (Å²) in [4.78, 5) is 14.5. The van der Waals surface area contributed by atoms with Crippen LogP contribution in [0, 0.1) is 0 Å². The van der Waals surface area contributed by atoms with Gasteiger partial charge in [-0.15, -0.1) is 5.10 Å². The molecular formula is C18H25ClN6O. The summed E-state index contributed by atoms with van der Waals surface area (Å²) in [6.45, 7) is 2.37. The zero-order valence-electron chi connectivity index (χ0n) is 15.2. The fourth-order valence-electron chi connectivity index (χ4n) is 3.23. The fourth-order valence-corrected chi connectivity index (χ4v) is 3.49. The predicted octanol–water partition coefficient (Wildman–Crippen LogP) is 1.89. The third-order valence-electron chi connectivity index (χ3n) is 4.77. The van der Waals surface area contributed by atoms with Crippen molar-refractivity contribution in [3.63, 3.8) is 0 Å². The van der Waals surface area contributed by atoms with Crippen molar-refractivity contribution in [1.82, 2.24) is 30.5 Å². The molecule has 7 nitrogen and oxygen atoms in total. The third kappa shape index (κ3) is 4.41. The summed E-state index contributed by atoms with van der Waals surface area (Å²) in [5, 5.41) is 15.2. The fraction of sp³-hybridized carbons (Fsp3) is 0.500. The second-order valence-electron chi connectivity index (χ2n) is 6.78. The number of carbonyl (C=O) groups is 1. The number of piperidine rings is 1. The van der Waals surface area contributed by atoms with Gasteiger partial charge in [0.05, 0.1) is 18.3 Å². The van der Waals surface area contributed by atoms with E-state index in [0.29, 0.717) is 23.3 Å². The van der Waals surface area contributed by atoms with E-state index in [1.165, 1.54) is 0 Å². The zero-order chi connectivity index (χ0) is 18.5. The predicted molar refractivity (Wildman–Crippen MR) is 101 cm³/mol. The Bertz CT molecular complexity index is 741. The number of carbonyl (C=O) groups excluding carboxylic acids is 1. The largest absolute Gasteiger partial charge is 0.349 e. The average molecular weight is 377 g/mol. The van der Waals surface area contributed by atoms with Gasteiger partial charge in [0.25, 0.3) is 5.91 Å². The molecule has 0 radical (unpaired) electrons. The zero-order valence-corrected chi connectivity index (χ0v) is 15.9. The molecule has 1 aliphatic heterocycles. The summed E-state index contributed by atoms with van der Waals surface area (Å²) in [7, 11) is 3.93. The van der Waals surface area contributed by atoms with Crippen LogP contribution in [0.4, 0.5) is 0 Å². The highest BCUT2D eigenvalue weighted by atomic mass is 35.5. The van der Waals surface area contributed by atoms with Crippen LogP contribution in [0.15, 0.2) is 30.5 Å². The summed E-state index contributed by atoms with van der Waals surface area (Å²) >= 11 is 6.31. The van der Waals surface area contributed by atoms with E-state index >= 15 is 0 Å². The topological polar surface area (TPSA) is 75.1 Å². The van der Waals surface area contributed by atoms with Gasteiger partial charge < -0.3 is 15.5 Å². The quantitative estimate of drug-likeness (QED) is 0.805. The van der Waals surface area contributed by atoms with Gasteiger partial charge in [0.1, 0.15) is 0 Å². The average Bonchev–Trinajstić information content (AvgIpc) is 3.14. The number of amides is 1. The lowest BCUT2D eigenvalue weighted by Gasteiger charge is -2.25. The van der Waals surface area contributed by atoms with E-state index < -0.39 is 0 Å². The van der Waals surface area contributed by atoms with Crippen molar-refractivity contribution in [2.75, 3.05) is 33.7 Å². The van der Waals surface area contributed by atoms with Crippen LogP contribution in [0.5, 0.6) is 0 Å². The van der Waals surface area contributed by atoms with E-state index in [0.717, 1.165) is 31.5 Å². The summed E-state index contributed by atoms with van der Waals surface area (Å²) in [6.07, 6.45) is 3.74. The van der Waals surface area contributed by atoms with Crippen LogP contribution < -0.4 is 10.6 Å². The smallest absolute Gasteiger partial charge is 0.273 e. The molecular weight excluding hydrogens is 352 g/mol. The number of hydrogen-bond acceptors (Lipinski definition) is 5. The SMILES string of the molecule is CN(C)C(CNC(=O)c1cn(C2CCNCC2)nn1)c1ccccc1Cl. The summed E-state index contributed by atoms with van der Waals surface area (Å²) in [5.74, 6) is -0.218. The Balaban J connectivity index is 1.64. The van der Waals surface area contributed by atoms with E-state index in [1.54, 1.807) is 6.20 Å². The molecule has 0 spiro atoms. The van der Waals surface area contributed by atoms with Gasteiger partial charge in [0.2, 0.25) is 0 Å². The van der Waals surface area contributed by atoms with Crippen molar-refractivity contribution in [1.29, 1.82) is 0 Å². The second kappa shape index (κ2) is 8.62. The summed E-state index contributed by atoms with van der Waals surface area (Å²) in [5.41, 5.74) is 1.33. The molecule has 2 heterocycles. The molecule has 26 heavy (non-hydrogen) atoms. The Morgan fingerprint density at radius 1 is 1.38 bits per heavy atom. The molecule has 2 aromatic rings. The third-order valence-corrected chi connectivity index (χ3v) is 5.11. The van der Waals surface area contributed by atoms with Gasteiger partial charge in [0, 0.05) is 11.6 Å². The molecule has 140 valence electrons. The van der Waals surface area contributed by atoms with Crippen molar-refractivity contribution < 1.29 is 4.79 Å². The Morgan fingerprint density at radius 2 is 2.12 bits per heavy atom. The van der Waals surface area contributed by atoms with Crippen molar-refractivity contribution in [2.45, 2.75) is 24.9 Å². The number of nitrogens with one attached hydrogen (secondary N) is 2. The van der Waals surface area contributed by atoms with Crippen LogP contribution in [0.3, 0.4) is 0 Å². The first-order valence-electron chi connectivity index (χ1n) is 8.88. The maximum absolute atomic E-state index is 12.5. The number of nitrogens with zero attached hydrogens (tertiary/aromatic N) is 4. The van der Waals surface area contributed by atoms with Gasteiger partial charge in [-0.05, 0) is 51.7 Å². The Labute approximate surface area is 158 Å². The molecule has 1 aromatic carbocycles. The minimum Gasteiger partial charge on any atom is -0.349 e.